The van der Waals surface area contributed by atoms with Gasteiger partial charge in [0.05, 0.1) is 18.6 Å². The molecule has 0 fully saturated rings. The zero-order chi connectivity index (χ0) is 13.0. The van der Waals surface area contributed by atoms with E-state index in [1.54, 1.807) is 6.92 Å². The highest BCUT2D eigenvalue weighted by atomic mass is 16.5. The summed E-state index contributed by atoms with van der Waals surface area (Å²) in [4.78, 5) is 11.2. The summed E-state index contributed by atoms with van der Waals surface area (Å²) in [5.41, 5.74) is 5.69. The minimum atomic E-state index is -0.894. The summed E-state index contributed by atoms with van der Waals surface area (Å²) in [6, 6.07) is 1.19. The van der Waals surface area contributed by atoms with Gasteiger partial charge in [-0.25, -0.2) is 0 Å². The molecule has 0 bridgehead atoms. The van der Waals surface area contributed by atoms with E-state index in [-0.39, 0.29) is 35.8 Å². The predicted octanol–water partition coefficient (Wildman–Crippen LogP) is 0.756. The van der Waals surface area contributed by atoms with Crippen LogP contribution in [-0.2, 0) is 9.53 Å². The Morgan fingerprint density at radius 2 is 1.88 bits per heavy atom. The monoisotopic (exact) mass is 241 g/mol. The van der Waals surface area contributed by atoms with Gasteiger partial charge in [-0.1, -0.05) is 0 Å². The average Bonchev–Trinajstić information content (AvgIpc) is 2.15. The molecular formula is C11H15NO5. The van der Waals surface area contributed by atoms with Crippen molar-refractivity contribution in [2.45, 2.75) is 19.4 Å². The Bertz CT molecular complexity index is 395. The van der Waals surface area contributed by atoms with Gasteiger partial charge in [0.15, 0.2) is 0 Å². The van der Waals surface area contributed by atoms with Crippen molar-refractivity contribution < 1.29 is 24.9 Å². The lowest BCUT2D eigenvalue weighted by molar-refractivity contribution is -0.143. The van der Waals surface area contributed by atoms with Crippen LogP contribution >= 0.6 is 0 Å². The van der Waals surface area contributed by atoms with Crippen molar-refractivity contribution in [1.29, 1.82) is 0 Å². The molecule has 0 amide bonds. The first kappa shape index (κ1) is 13.1. The third-order valence-corrected chi connectivity index (χ3v) is 2.18. The highest BCUT2D eigenvalue weighted by Gasteiger charge is 2.20. The summed E-state index contributed by atoms with van der Waals surface area (Å²) in [5, 5.41) is 28.2. The fourth-order valence-electron chi connectivity index (χ4n) is 1.49. The number of ether oxygens (including phenoxy) is 1. The van der Waals surface area contributed by atoms with Crippen molar-refractivity contribution in [3.8, 4) is 17.2 Å². The van der Waals surface area contributed by atoms with E-state index in [0.29, 0.717) is 0 Å². The summed E-state index contributed by atoms with van der Waals surface area (Å²) < 4.78 is 4.71. The third-order valence-electron chi connectivity index (χ3n) is 2.18. The van der Waals surface area contributed by atoms with Crippen LogP contribution in [-0.4, -0.2) is 27.9 Å². The maximum absolute atomic E-state index is 11.2. The highest BCUT2D eigenvalue weighted by molar-refractivity contribution is 5.71. The van der Waals surface area contributed by atoms with Gasteiger partial charge in [0.1, 0.15) is 17.2 Å². The Morgan fingerprint density at radius 1 is 1.35 bits per heavy atom. The predicted molar refractivity (Wildman–Crippen MR) is 59.6 cm³/mol. The molecule has 0 aliphatic carbocycles. The van der Waals surface area contributed by atoms with Crippen molar-refractivity contribution >= 4 is 5.97 Å². The molecule has 5 N–H and O–H groups in total. The van der Waals surface area contributed by atoms with Crippen LogP contribution in [0.5, 0.6) is 17.2 Å². The second-order valence-electron chi connectivity index (χ2n) is 3.51. The third kappa shape index (κ3) is 3.25. The minimum Gasteiger partial charge on any atom is -0.508 e. The molecule has 6 heteroatoms. The number of aromatic hydroxyl groups is 3. The molecule has 0 heterocycles. The van der Waals surface area contributed by atoms with Gasteiger partial charge in [-0.3, -0.25) is 4.79 Å². The van der Waals surface area contributed by atoms with Crippen molar-refractivity contribution in [2.75, 3.05) is 6.61 Å². The first-order chi connectivity index (χ1) is 7.95. The minimum absolute atomic E-state index is 0.0100. The van der Waals surface area contributed by atoms with Crippen LogP contribution in [0.1, 0.15) is 24.9 Å². The number of esters is 1. The van der Waals surface area contributed by atoms with E-state index >= 15 is 0 Å². The lowest BCUT2D eigenvalue weighted by Crippen LogP contribution is -2.17. The highest BCUT2D eigenvalue weighted by Crippen LogP contribution is 2.36. The molecular weight excluding hydrogens is 226 g/mol. The number of phenols is 3. The van der Waals surface area contributed by atoms with Gasteiger partial charge in [-0.15, -0.1) is 0 Å². The normalized spacial score (nSPS) is 12.1. The number of rotatable bonds is 4. The van der Waals surface area contributed by atoms with Crippen LogP contribution in [0.2, 0.25) is 0 Å². The molecule has 0 saturated carbocycles. The van der Waals surface area contributed by atoms with Gasteiger partial charge < -0.3 is 25.8 Å². The van der Waals surface area contributed by atoms with E-state index in [9.17, 15) is 15.0 Å². The zero-order valence-electron chi connectivity index (χ0n) is 9.38. The fourth-order valence-corrected chi connectivity index (χ4v) is 1.49. The smallest absolute Gasteiger partial charge is 0.307 e. The van der Waals surface area contributed by atoms with Crippen LogP contribution in [0.25, 0.3) is 0 Å². The topological polar surface area (TPSA) is 113 Å². The van der Waals surface area contributed by atoms with Crippen LogP contribution < -0.4 is 5.73 Å². The molecule has 0 aliphatic rings. The standard InChI is InChI=1S/C11H15NO5/c1-2-17-10(16)5-7(12)11-8(14)3-6(13)4-9(11)15/h3-4,7,13-15H,2,5,12H2,1H3/t7-/m1/s1. The molecule has 0 spiro atoms. The molecule has 17 heavy (non-hydrogen) atoms. The van der Waals surface area contributed by atoms with Crippen molar-refractivity contribution in [3.63, 3.8) is 0 Å². The Kier molecular flexibility index (Phi) is 4.17. The summed E-state index contributed by atoms with van der Waals surface area (Å²) in [6.07, 6.45) is -0.167. The van der Waals surface area contributed by atoms with Crippen molar-refractivity contribution in [2.24, 2.45) is 5.73 Å². The van der Waals surface area contributed by atoms with E-state index in [1.807, 2.05) is 0 Å². The van der Waals surface area contributed by atoms with Gasteiger partial charge in [0.25, 0.3) is 0 Å². The van der Waals surface area contributed by atoms with E-state index in [4.69, 9.17) is 15.6 Å². The summed E-state index contributed by atoms with van der Waals surface area (Å²) >= 11 is 0. The van der Waals surface area contributed by atoms with Gasteiger partial charge in [-0.05, 0) is 6.92 Å². The van der Waals surface area contributed by atoms with Gasteiger partial charge in [-0.2, -0.15) is 0 Å². The van der Waals surface area contributed by atoms with Gasteiger partial charge in [0.2, 0.25) is 0 Å². The molecule has 0 aliphatic heterocycles. The molecule has 1 atom stereocenters. The lowest BCUT2D eigenvalue weighted by Gasteiger charge is -2.14. The fraction of sp³-hybridized carbons (Fsp3) is 0.364. The molecule has 0 radical (unpaired) electrons. The molecule has 1 aromatic carbocycles. The Balaban J connectivity index is 2.89. The molecule has 0 saturated heterocycles. The first-order valence-corrected chi connectivity index (χ1v) is 5.11. The molecule has 1 rings (SSSR count). The quantitative estimate of drug-likeness (QED) is 0.579. The summed E-state index contributed by atoms with van der Waals surface area (Å²) in [5.74, 6) is -1.53. The number of hydrogen-bond acceptors (Lipinski definition) is 6. The Labute approximate surface area is 98.3 Å². The molecule has 0 unspecified atom stereocenters. The van der Waals surface area contributed by atoms with E-state index in [0.717, 1.165) is 12.1 Å². The number of benzene rings is 1. The first-order valence-electron chi connectivity index (χ1n) is 5.11. The largest absolute Gasteiger partial charge is 0.508 e. The van der Waals surface area contributed by atoms with E-state index < -0.39 is 12.0 Å². The number of nitrogens with two attached hydrogens (primary N) is 1. The number of carbonyl (C=O) groups is 1. The Morgan fingerprint density at radius 3 is 2.35 bits per heavy atom. The van der Waals surface area contributed by atoms with Gasteiger partial charge in [0, 0.05) is 18.2 Å². The number of phenolic OH excluding ortho intramolecular Hbond substituents is 3. The number of hydrogen-bond donors (Lipinski definition) is 4. The van der Waals surface area contributed by atoms with E-state index in [2.05, 4.69) is 0 Å². The summed E-state index contributed by atoms with van der Waals surface area (Å²) in [7, 11) is 0. The van der Waals surface area contributed by atoms with Crippen LogP contribution in [0, 0.1) is 0 Å². The lowest BCUT2D eigenvalue weighted by atomic mass is 10.0. The Hall–Kier alpha value is -1.95. The molecule has 1 aromatic rings. The average molecular weight is 241 g/mol. The SMILES string of the molecule is CCOC(=O)C[C@@H](N)c1c(O)cc(O)cc1O. The number of carbonyl (C=O) groups excluding carboxylic acids is 1. The molecule has 0 aromatic heterocycles. The summed E-state index contributed by atoms with van der Waals surface area (Å²) in [6.45, 7) is 1.90. The van der Waals surface area contributed by atoms with E-state index in [1.165, 1.54) is 0 Å². The van der Waals surface area contributed by atoms with Crippen LogP contribution in [0.4, 0.5) is 0 Å². The zero-order valence-corrected chi connectivity index (χ0v) is 9.38. The maximum atomic E-state index is 11.2. The van der Waals surface area contributed by atoms with Gasteiger partial charge >= 0.3 is 5.97 Å². The second-order valence-corrected chi connectivity index (χ2v) is 3.51. The maximum Gasteiger partial charge on any atom is 0.307 e. The molecule has 94 valence electrons. The second kappa shape index (κ2) is 5.40. The van der Waals surface area contributed by atoms with Crippen molar-refractivity contribution in [3.05, 3.63) is 17.7 Å². The molecule has 6 nitrogen and oxygen atoms in total. The van der Waals surface area contributed by atoms with Crippen molar-refractivity contribution in [1.82, 2.24) is 0 Å². The van der Waals surface area contributed by atoms with Crippen LogP contribution in [0.15, 0.2) is 12.1 Å². The van der Waals surface area contributed by atoms with Crippen LogP contribution in [0.3, 0.4) is 0 Å².